The molecule has 0 saturated carbocycles. The Labute approximate surface area is 166 Å². The molecule has 3 aromatic heterocycles. The van der Waals surface area contributed by atoms with E-state index in [0.29, 0.717) is 23.0 Å². The van der Waals surface area contributed by atoms with E-state index in [2.05, 4.69) is 32.3 Å². The number of nitrogens with zero attached hydrogens (tertiary/aromatic N) is 4. The van der Waals surface area contributed by atoms with Crippen LogP contribution >= 0.6 is 11.3 Å². The van der Waals surface area contributed by atoms with Crippen LogP contribution in [0.25, 0.3) is 0 Å². The van der Waals surface area contributed by atoms with E-state index in [-0.39, 0.29) is 5.91 Å². The number of aryl methyl sites for hydroxylation is 1. The van der Waals surface area contributed by atoms with E-state index in [1.54, 1.807) is 12.3 Å². The summed E-state index contributed by atoms with van der Waals surface area (Å²) in [6.45, 7) is 3.97. The fourth-order valence-electron chi connectivity index (χ4n) is 3.20. The first-order valence-corrected chi connectivity index (χ1v) is 10.1. The molecule has 0 radical (unpaired) electrons. The van der Waals surface area contributed by atoms with Crippen molar-refractivity contribution >= 4 is 28.2 Å². The molecule has 146 valence electrons. The third-order valence-electron chi connectivity index (χ3n) is 4.62. The highest BCUT2D eigenvalue weighted by Gasteiger charge is 2.21. The lowest BCUT2D eigenvalue weighted by Gasteiger charge is -2.27. The maximum absolute atomic E-state index is 12.4. The first-order valence-electron chi connectivity index (χ1n) is 9.30. The van der Waals surface area contributed by atoms with E-state index in [1.807, 2.05) is 12.1 Å². The van der Waals surface area contributed by atoms with E-state index < -0.39 is 0 Å². The third-order valence-corrected chi connectivity index (χ3v) is 5.53. The lowest BCUT2D eigenvalue weighted by molar-refractivity contribution is 0.0946. The first kappa shape index (κ1) is 18.4. The van der Waals surface area contributed by atoms with E-state index >= 15 is 0 Å². The average Bonchev–Trinajstić information content (AvgIpc) is 3.31. The van der Waals surface area contributed by atoms with Crippen LogP contribution in [-0.4, -0.2) is 27.6 Å². The number of thiazole rings is 1. The summed E-state index contributed by atoms with van der Waals surface area (Å²) in [7, 11) is 0. The van der Waals surface area contributed by atoms with Crippen molar-refractivity contribution in [2.24, 2.45) is 0 Å². The van der Waals surface area contributed by atoms with Crippen LogP contribution in [0.2, 0.25) is 0 Å². The highest BCUT2D eigenvalue weighted by Crippen LogP contribution is 2.28. The number of fused-ring (bicyclic) bond motifs is 1. The van der Waals surface area contributed by atoms with Crippen LogP contribution in [0.3, 0.4) is 0 Å². The Morgan fingerprint density at radius 2 is 2.32 bits per heavy atom. The predicted octanol–water partition coefficient (Wildman–Crippen LogP) is 2.55. The number of carbonyl (C=O) groups excluding carboxylic acids is 1. The number of pyridine rings is 1. The predicted molar refractivity (Wildman–Crippen MR) is 107 cm³/mol. The number of aromatic nitrogens is 3. The zero-order chi connectivity index (χ0) is 19.5. The number of hydrogen-bond acceptors (Lipinski definition) is 8. The fourth-order valence-corrected chi connectivity index (χ4v) is 4.10. The Hall–Kier alpha value is -2.94. The minimum absolute atomic E-state index is 0.191. The maximum Gasteiger partial charge on any atom is 0.253 e. The van der Waals surface area contributed by atoms with Crippen molar-refractivity contribution in [1.82, 2.24) is 20.4 Å². The van der Waals surface area contributed by atoms with Crippen LogP contribution in [-0.2, 0) is 25.9 Å². The van der Waals surface area contributed by atoms with Gasteiger partial charge in [0.05, 0.1) is 30.0 Å². The minimum Gasteiger partial charge on any atom is -0.375 e. The summed E-state index contributed by atoms with van der Waals surface area (Å²) < 4.78 is 5.23. The Morgan fingerprint density at radius 3 is 3.11 bits per heavy atom. The number of amides is 1. The zero-order valence-electron chi connectivity index (χ0n) is 15.6. The van der Waals surface area contributed by atoms with Crippen molar-refractivity contribution in [1.29, 1.82) is 0 Å². The highest BCUT2D eigenvalue weighted by atomic mass is 32.1. The van der Waals surface area contributed by atoms with Gasteiger partial charge in [-0.05, 0) is 18.6 Å². The quantitative estimate of drug-likeness (QED) is 0.656. The van der Waals surface area contributed by atoms with Crippen LogP contribution < -0.4 is 16.0 Å². The Bertz CT molecular complexity index is 965. The van der Waals surface area contributed by atoms with Gasteiger partial charge in [0.15, 0.2) is 10.9 Å². The Balaban J connectivity index is 1.35. The molecule has 0 fully saturated rings. The molecular weight excluding hydrogens is 376 g/mol. The number of carbonyl (C=O) groups is 1. The van der Waals surface area contributed by atoms with Crippen molar-refractivity contribution in [3.8, 4) is 0 Å². The van der Waals surface area contributed by atoms with Crippen molar-refractivity contribution < 1.29 is 9.32 Å². The highest BCUT2D eigenvalue weighted by molar-refractivity contribution is 7.15. The maximum atomic E-state index is 12.4. The van der Waals surface area contributed by atoms with Gasteiger partial charge < -0.3 is 20.5 Å². The van der Waals surface area contributed by atoms with E-state index in [1.165, 1.54) is 16.2 Å². The molecule has 0 spiro atoms. The molecule has 8 nitrogen and oxygen atoms in total. The summed E-state index contributed by atoms with van der Waals surface area (Å²) in [6, 6.07) is 5.54. The molecule has 4 rings (SSSR count). The SMILES string of the molecule is CCCc1cc(CNC(=O)c2ccc(N3CCc4nc(N)sc4C3)nc2)on1. The van der Waals surface area contributed by atoms with Crippen LogP contribution in [0.1, 0.15) is 45.7 Å². The second kappa shape index (κ2) is 7.97. The van der Waals surface area contributed by atoms with Crippen LogP contribution in [0.15, 0.2) is 28.9 Å². The van der Waals surface area contributed by atoms with Crippen LogP contribution in [0.5, 0.6) is 0 Å². The van der Waals surface area contributed by atoms with Gasteiger partial charge in [0.25, 0.3) is 5.91 Å². The molecule has 0 bridgehead atoms. The minimum atomic E-state index is -0.191. The summed E-state index contributed by atoms with van der Waals surface area (Å²) in [5.74, 6) is 1.30. The molecule has 0 aromatic carbocycles. The smallest absolute Gasteiger partial charge is 0.253 e. The topological polar surface area (TPSA) is 110 Å². The lowest BCUT2D eigenvalue weighted by Crippen LogP contribution is -2.30. The summed E-state index contributed by atoms with van der Waals surface area (Å²) in [5.41, 5.74) is 8.31. The zero-order valence-corrected chi connectivity index (χ0v) is 16.5. The second-order valence-corrected chi connectivity index (χ2v) is 7.83. The number of hydrogen-bond donors (Lipinski definition) is 2. The largest absolute Gasteiger partial charge is 0.375 e. The number of nitrogens with two attached hydrogens (primary N) is 1. The number of rotatable bonds is 6. The van der Waals surface area contributed by atoms with Gasteiger partial charge in [0, 0.05) is 30.1 Å². The van der Waals surface area contributed by atoms with Gasteiger partial charge in [0.2, 0.25) is 0 Å². The standard InChI is InChI=1S/C19H22N6O2S/c1-2-3-13-8-14(27-24-13)10-22-18(26)12-4-5-17(21-9-12)25-7-6-15-16(11-25)28-19(20)23-15/h4-5,8-9H,2-3,6-7,10-11H2,1H3,(H2,20,23)(H,22,26). The van der Waals surface area contributed by atoms with Crippen LogP contribution in [0, 0.1) is 0 Å². The van der Waals surface area contributed by atoms with Gasteiger partial charge >= 0.3 is 0 Å². The van der Waals surface area contributed by atoms with Gasteiger partial charge in [-0.1, -0.05) is 18.5 Å². The van der Waals surface area contributed by atoms with Crippen molar-refractivity contribution in [3.05, 3.63) is 52.0 Å². The summed E-state index contributed by atoms with van der Waals surface area (Å²) in [4.78, 5) is 24.5. The van der Waals surface area contributed by atoms with Gasteiger partial charge in [-0.25, -0.2) is 9.97 Å². The molecule has 0 unspecified atom stereocenters. The summed E-state index contributed by atoms with van der Waals surface area (Å²) in [6.07, 6.45) is 4.33. The molecule has 1 aliphatic rings. The van der Waals surface area contributed by atoms with Crippen molar-refractivity contribution in [2.75, 3.05) is 17.2 Å². The Kier molecular flexibility index (Phi) is 5.25. The van der Waals surface area contributed by atoms with Crippen molar-refractivity contribution in [2.45, 2.75) is 39.3 Å². The monoisotopic (exact) mass is 398 g/mol. The van der Waals surface area contributed by atoms with Gasteiger partial charge in [0.1, 0.15) is 5.82 Å². The molecule has 1 amide bonds. The molecule has 1 aliphatic heterocycles. The molecule has 0 saturated heterocycles. The molecule has 3 N–H and O–H groups in total. The summed E-state index contributed by atoms with van der Waals surface area (Å²) >= 11 is 1.52. The molecule has 9 heteroatoms. The van der Waals surface area contributed by atoms with Gasteiger partial charge in [-0.15, -0.1) is 11.3 Å². The van der Waals surface area contributed by atoms with E-state index in [0.717, 1.165) is 49.6 Å². The van der Waals surface area contributed by atoms with Crippen LogP contribution in [0.4, 0.5) is 10.9 Å². The summed E-state index contributed by atoms with van der Waals surface area (Å²) in [5, 5.41) is 7.43. The first-order chi connectivity index (χ1) is 13.6. The Morgan fingerprint density at radius 1 is 1.43 bits per heavy atom. The van der Waals surface area contributed by atoms with Gasteiger partial charge in [-0.2, -0.15) is 0 Å². The van der Waals surface area contributed by atoms with E-state index in [9.17, 15) is 4.79 Å². The number of nitrogen functional groups attached to an aromatic ring is 1. The number of anilines is 2. The van der Waals surface area contributed by atoms with Crippen molar-refractivity contribution in [3.63, 3.8) is 0 Å². The average molecular weight is 398 g/mol. The third kappa shape index (κ3) is 3.99. The van der Waals surface area contributed by atoms with Gasteiger partial charge in [-0.3, -0.25) is 4.79 Å². The normalized spacial score (nSPS) is 13.4. The molecule has 0 aliphatic carbocycles. The molecule has 0 atom stereocenters. The molecular formula is C19H22N6O2S. The molecule has 3 aromatic rings. The molecule has 4 heterocycles. The van der Waals surface area contributed by atoms with E-state index in [4.69, 9.17) is 10.3 Å². The fraction of sp³-hybridized carbons (Fsp3) is 0.368. The number of nitrogens with one attached hydrogen (secondary N) is 1. The second-order valence-electron chi connectivity index (χ2n) is 6.72. The lowest BCUT2D eigenvalue weighted by atomic mass is 10.1. The molecule has 28 heavy (non-hydrogen) atoms.